The number of nitrogens with one attached hydrogen (secondary N) is 1. The van der Waals surface area contributed by atoms with Gasteiger partial charge in [0.1, 0.15) is 0 Å². The Bertz CT molecular complexity index is 684. The highest BCUT2D eigenvalue weighted by molar-refractivity contribution is 5.73. The summed E-state index contributed by atoms with van der Waals surface area (Å²) in [6.45, 7) is 2.75. The molecule has 0 saturated heterocycles. The van der Waals surface area contributed by atoms with Gasteiger partial charge in [-0.25, -0.2) is 4.79 Å². The molecular formula is C19H21F3N2O. The molecule has 0 bridgehead atoms. The SMILES string of the molecule is CC(CNC(=O)N(C)Cc1ccc(C(F)(F)F)cc1)c1ccccc1. The van der Waals surface area contributed by atoms with Crippen LogP contribution >= 0.6 is 0 Å². The molecular weight excluding hydrogens is 329 g/mol. The van der Waals surface area contributed by atoms with Crippen LogP contribution in [0.1, 0.15) is 29.5 Å². The van der Waals surface area contributed by atoms with Crippen molar-refractivity contribution in [2.75, 3.05) is 13.6 Å². The fourth-order valence-electron chi connectivity index (χ4n) is 2.42. The molecule has 1 atom stereocenters. The normalized spacial score (nSPS) is 12.5. The maximum absolute atomic E-state index is 12.6. The number of benzene rings is 2. The number of hydrogen-bond donors (Lipinski definition) is 1. The molecule has 3 nitrogen and oxygen atoms in total. The van der Waals surface area contributed by atoms with Crippen LogP contribution in [0.2, 0.25) is 0 Å². The molecule has 0 aliphatic carbocycles. The first-order valence-corrected chi connectivity index (χ1v) is 7.97. The van der Waals surface area contributed by atoms with E-state index in [1.54, 1.807) is 7.05 Å². The highest BCUT2D eigenvalue weighted by atomic mass is 19.4. The Hall–Kier alpha value is -2.50. The summed E-state index contributed by atoms with van der Waals surface area (Å²) in [6, 6.07) is 14.4. The van der Waals surface area contributed by atoms with Crippen LogP contribution in [-0.2, 0) is 12.7 Å². The van der Waals surface area contributed by atoms with E-state index in [0.29, 0.717) is 12.1 Å². The third kappa shape index (κ3) is 5.52. The van der Waals surface area contributed by atoms with Crippen molar-refractivity contribution in [3.63, 3.8) is 0 Å². The largest absolute Gasteiger partial charge is 0.416 e. The minimum Gasteiger partial charge on any atom is -0.337 e. The van der Waals surface area contributed by atoms with Gasteiger partial charge in [0.2, 0.25) is 0 Å². The Labute approximate surface area is 145 Å². The van der Waals surface area contributed by atoms with Gasteiger partial charge in [0, 0.05) is 20.1 Å². The second-order valence-corrected chi connectivity index (χ2v) is 6.05. The summed E-state index contributed by atoms with van der Waals surface area (Å²) in [6.07, 6.45) is -4.35. The molecule has 2 amide bonds. The molecule has 0 fully saturated rings. The second kappa shape index (κ2) is 8.05. The van der Waals surface area contributed by atoms with Crippen LogP contribution < -0.4 is 5.32 Å². The number of alkyl halides is 3. The van der Waals surface area contributed by atoms with Gasteiger partial charge in [-0.2, -0.15) is 13.2 Å². The van der Waals surface area contributed by atoms with Crippen LogP contribution in [0.4, 0.5) is 18.0 Å². The van der Waals surface area contributed by atoms with Crippen LogP contribution in [0.15, 0.2) is 54.6 Å². The van der Waals surface area contributed by atoms with E-state index in [4.69, 9.17) is 0 Å². The average molecular weight is 350 g/mol. The number of halogens is 3. The number of carbonyl (C=O) groups is 1. The lowest BCUT2D eigenvalue weighted by molar-refractivity contribution is -0.137. The van der Waals surface area contributed by atoms with Crippen LogP contribution in [0, 0.1) is 0 Å². The first-order chi connectivity index (χ1) is 11.8. The zero-order valence-corrected chi connectivity index (χ0v) is 14.2. The highest BCUT2D eigenvalue weighted by Gasteiger charge is 2.29. The number of nitrogens with zero attached hydrogens (tertiary/aromatic N) is 1. The van der Waals surface area contributed by atoms with Crippen molar-refractivity contribution in [1.82, 2.24) is 10.2 Å². The average Bonchev–Trinajstić information content (AvgIpc) is 2.59. The standard InChI is InChI=1S/C19H21F3N2O/c1-14(16-6-4-3-5-7-16)12-23-18(25)24(2)13-15-8-10-17(11-9-15)19(20,21)22/h3-11,14H,12-13H2,1-2H3,(H,23,25). The van der Waals surface area contributed by atoms with Gasteiger partial charge in [-0.3, -0.25) is 0 Å². The minimum atomic E-state index is -4.35. The maximum atomic E-state index is 12.6. The Balaban J connectivity index is 1.86. The molecule has 2 aromatic carbocycles. The lowest BCUT2D eigenvalue weighted by Crippen LogP contribution is -2.38. The predicted molar refractivity (Wildman–Crippen MR) is 91.2 cm³/mol. The van der Waals surface area contributed by atoms with Crippen molar-refractivity contribution in [3.05, 3.63) is 71.3 Å². The molecule has 2 aromatic rings. The summed E-state index contributed by atoms with van der Waals surface area (Å²) in [5.74, 6) is 0.171. The summed E-state index contributed by atoms with van der Waals surface area (Å²) in [5, 5.41) is 2.84. The molecule has 2 rings (SSSR count). The first-order valence-electron chi connectivity index (χ1n) is 7.97. The van der Waals surface area contributed by atoms with Crippen LogP contribution in [0.5, 0.6) is 0 Å². The maximum Gasteiger partial charge on any atom is 0.416 e. The zero-order valence-electron chi connectivity index (χ0n) is 14.2. The summed E-state index contributed by atoms with van der Waals surface area (Å²) in [5.41, 5.74) is 1.08. The van der Waals surface area contributed by atoms with E-state index < -0.39 is 11.7 Å². The Morgan fingerprint density at radius 3 is 2.24 bits per heavy atom. The van der Waals surface area contributed by atoms with E-state index in [2.05, 4.69) is 5.32 Å². The quantitative estimate of drug-likeness (QED) is 0.836. The molecule has 1 unspecified atom stereocenters. The summed E-state index contributed by atoms with van der Waals surface area (Å²) >= 11 is 0. The third-order valence-corrected chi connectivity index (χ3v) is 3.98. The number of urea groups is 1. The van der Waals surface area contributed by atoms with E-state index in [1.165, 1.54) is 17.0 Å². The molecule has 1 N–H and O–H groups in total. The summed E-state index contributed by atoms with van der Waals surface area (Å²) in [7, 11) is 1.61. The summed E-state index contributed by atoms with van der Waals surface area (Å²) in [4.78, 5) is 13.6. The van der Waals surface area contributed by atoms with Crippen LogP contribution in [0.3, 0.4) is 0 Å². The molecule has 0 aliphatic rings. The molecule has 0 aromatic heterocycles. The van der Waals surface area contributed by atoms with Crippen molar-refractivity contribution in [3.8, 4) is 0 Å². The second-order valence-electron chi connectivity index (χ2n) is 6.05. The van der Waals surface area contributed by atoms with Gasteiger partial charge in [-0.05, 0) is 29.2 Å². The zero-order chi connectivity index (χ0) is 18.4. The van der Waals surface area contributed by atoms with E-state index in [9.17, 15) is 18.0 Å². The van der Waals surface area contributed by atoms with E-state index >= 15 is 0 Å². The Kier molecular flexibility index (Phi) is 6.07. The van der Waals surface area contributed by atoms with Gasteiger partial charge in [0.05, 0.1) is 5.56 Å². The van der Waals surface area contributed by atoms with Gasteiger partial charge in [0.25, 0.3) is 0 Å². The molecule has 0 heterocycles. The van der Waals surface area contributed by atoms with Gasteiger partial charge in [-0.15, -0.1) is 0 Å². The molecule has 25 heavy (non-hydrogen) atoms. The summed E-state index contributed by atoms with van der Waals surface area (Å²) < 4.78 is 37.7. The molecule has 0 radical (unpaired) electrons. The van der Waals surface area contributed by atoms with Crippen molar-refractivity contribution in [2.45, 2.75) is 25.6 Å². The molecule has 0 saturated carbocycles. The van der Waals surface area contributed by atoms with Crippen LogP contribution in [-0.4, -0.2) is 24.5 Å². The molecule has 134 valence electrons. The smallest absolute Gasteiger partial charge is 0.337 e. The monoisotopic (exact) mass is 350 g/mol. The Morgan fingerprint density at radius 1 is 1.08 bits per heavy atom. The molecule has 0 spiro atoms. The van der Waals surface area contributed by atoms with Gasteiger partial charge < -0.3 is 10.2 Å². The molecule has 6 heteroatoms. The number of hydrogen-bond acceptors (Lipinski definition) is 1. The lowest BCUT2D eigenvalue weighted by atomic mass is 10.0. The van der Waals surface area contributed by atoms with E-state index in [-0.39, 0.29) is 18.5 Å². The lowest BCUT2D eigenvalue weighted by Gasteiger charge is -2.20. The fourth-order valence-corrected chi connectivity index (χ4v) is 2.42. The fraction of sp³-hybridized carbons (Fsp3) is 0.316. The van der Waals surface area contributed by atoms with Gasteiger partial charge in [0.15, 0.2) is 0 Å². The van der Waals surface area contributed by atoms with E-state index in [0.717, 1.165) is 17.7 Å². The van der Waals surface area contributed by atoms with E-state index in [1.807, 2.05) is 37.3 Å². The minimum absolute atomic E-state index is 0.171. The first kappa shape index (κ1) is 18.8. The topological polar surface area (TPSA) is 32.3 Å². The number of rotatable bonds is 5. The van der Waals surface area contributed by atoms with Crippen LogP contribution in [0.25, 0.3) is 0 Å². The van der Waals surface area contributed by atoms with Gasteiger partial charge in [-0.1, -0.05) is 49.4 Å². The molecule has 0 aliphatic heterocycles. The predicted octanol–water partition coefficient (Wildman–Crippen LogP) is 4.65. The van der Waals surface area contributed by atoms with Crippen molar-refractivity contribution in [1.29, 1.82) is 0 Å². The Morgan fingerprint density at radius 2 is 1.68 bits per heavy atom. The third-order valence-electron chi connectivity index (χ3n) is 3.98. The number of carbonyl (C=O) groups excluding carboxylic acids is 1. The van der Waals surface area contributed by atoms with Crippen molar-refractivity contribution < 1.29 is 18.0 Å². The highest BCUT2D eigenvalue weighted by Crippen LogP contribution is 2.29. The van der Waals surface area contributed by atoms with Crippen molar-refractivity contribution >= 4 is 6.03 Å². The number of amides is 2. The van der Waals surface area contributed by atoms with Crippen molar-refractivity contribution in [2.24, 2.45) is 0 Å². The van der Waals surface area contributed by atoms with Gasteiger partial charge >= 0.3 is 12.2 Å².